The van der Waals surface area contributed by atoms with Crippen LogP contribution in [0.25, 0.3) is 0 Å². The molecule has 0 saturated carbocycles. The number of nitriles is 2. The van der Waals surface area contributed by atoms with Crippen LogP contribution in [-0.2, 0) is 0 Å². The molecule has 0 bridgehead atoms. The molecule has 0 radical (unpaired) electrons. The van der Waals surface area contributed by atoms with E-state index in [1.807, 2.05) is 64.1 Å². The second-order valence-electron chi connectivity index (χ2n) is 11.5. The molecule has 0 unspecified atom stereocenters. The van der Waals surface area contributed by atoms with Crippen molar-refractivity contribution in [3.8, 4) is 35.1 Å². The Labute approximate surface area is 246 Å². The zero-order chi connectivity index (χ0) is 29.1. The van der Waals surface area contributed by atoms with E-state index in [9.17, 15) is 10.5 Å². The van der Waals surface area contributed by atoms with Crippen LogP contribution < -0.4 is 9.47 Å². The fourth-order valence-electron chi connectivity index (χ4n) is 6.42. The van der Waals surface area contributed by atoms with Crippen LogP contribution in [0.4, 0.5) is 0 Å². The van der Waals surface area contributed by atoms with Crippen molar-refractivity contribution < 1.29 is 9.47 Å². The zero-order valence-corrected chi connectivity index (χ0v) is 23.9. The monoisotopic (exact) mass is 544 g/mol. The molecule has 5 aromatic carbocycles. The lowest BCUT2D eigenvalue weighted by Crippen LogP contribution is -2.16. The van der Waals surface area contributed by atoms with Crippen molar-refractivity contribution in [3.05, 3.63) is 152 Å². The summed E-state index contributed by atoms with van der Waals surface area (Å²) >= 11 is 0. The number of benzene rings is 5. The van der Waals surface area contributed by atoms with E-state index in [-0.39, 0.29) is 11.8 Å². The summed E-state index contributed by atoms with van der Waals surface area (Å²) in [4.78, 5) is 0. The molecule has 4 nitrogen and oxygen atoms in total. The maximum absolute atomic E-state index is 10.6. The number of hydrogen-bond acceptors (Lipinski definition) is 4. The third-order valence-corrected chi connectivity index (χ3v) is 8.44. The summed E-state index contributed by atoms with van der Waals surface area (Å²) in [6.07, 6.45) is 0. The van der Waals surface area contributed by atoms with Gasteiger partial charge in [-0.2, -0.15) is 10.5 Å². The number of rotatable bonds is 2. The summed E-state index contributed by atoms with van der Waals surface area (Å²) in [5.41, 5.74) is 11.0. The molecular weight excluding hydrogens is 516 g/mol. The Hall–Kier alpha value is -5.32. The summed E-state index contributed by atoms with van der Waals surface area (Å²) in [5.74, 6) is 2.62. The third kappa shape index (κ3) is 4.04. The van der Waals surface area contributed by atoms with Gasteiger partial charge in [0.15, 0.2) is 0 Å². The Balaban J connectivity index is 1.48. The van der Waals surface area contributed by atoms with Crippen molar-refractivity contribution in [3.63, 3.8) is 0 Å². The first-order valence-corrected chi connectivity index (χ1v) is 14.1. The van der Waals surface area contributed by atoms with Crippen LogP contribution in [-0.4, -0.2) is 0 Å². The highest BCUT2D eigenvalue weighted by atomic mass is 16.5. The normalized spacial score (nSPS) is 13.4. The second kappa shape index (κ2) is 9.65. The van der Waals surface area contributed by atoms with Crippen molar-refractivity contribution in [1.29, 1.82) is 10.5 Å². The Morgan fingerprint density at radius 3 is 0.976 bits per heavy atom. The Morgan fingerprint density at radius 1 is 0.429 bits per heavy atom. The van der Waals surface area contributed by atoms with Gasteiger partial charge >= 0.3 is 0 Å². The smallest absolute Gasteiger partial charge is 0.131 e. The molecule has 0 N–H and O–H groups in total. The fourth-order valence-corrected chi connectivity index (χ4v) is 6.42. The van der Waals surface area contributed by atoms with E-state index in [2.05, 4.69) is 60.7 Å². The van der Waals surface area contributed by atoms with Crippen LogP contribution in [0.2, 0.25) is 0 Å². The molecule has 0 amide bonds. The lowest BCUT2D eigenvalue weighted by Gasteiger charge is -2.32. The first-order valence-electron chi connectivity index (χ1n) is 14.1. The summed E-state index contributed by atoms with van der Waals surface area (Å²) in [7, 11) is 0. The highest BCUT2D eigenvalue weighted by Gasteiger charge is 2.35. The number of aryl methyl sites for hydroxylation is 4. The second-order valence-corrected chi connectivity index (χ2v) is 11.5. The minimum atomic E-state index is -0.250. The molecule has 2 heterocycles. The molecule has 0 spiro atoms. The molecule has 202 valence electrons. The van der Waals surface area contributed by atoms with Crippen molar-refractivity contribution in [2.24, 2.45) is 0 Å². The fraction of sp³-hybridized carbons (Fsp3) is 0.158. The minimum absolute atomic E-state index is 0.250. The van der Waals surface area contributed by atoms with Gasteiger partial charge in [-0.3, -0.25) is 0 Å². The molecule has 0 atom stereocenters. The number of nitrogens with zero attached hydrogens (tertiary/aromatic N) is 2. The van der Waals surface area contributed by atoms with Crippen molar-refractivity contribution in [2.75, 3.05) is 0 Å². The van der Waals surface area contributed by atoms with E-state index in [1.165, 1.54) is 0 Å². The van der Waals surface area contributed by atoms with E-state index >= 15 is 0 Å². The lowest BCUT2D eigenvalue weighted by molar-refractivity contribution is 0.451. The van der Waals surface area contributed by atoms with Gasteiger partial charge in [-0.1, -0.05) is 48.5 Å². The van der Waals surface area contributed by atoms with Crippen LogP contribution in [0, 0.1) is 50.4 Å². The maximum atomic E-state index is 10.6. The van der Waals surface area contributed by atoms with Crippen molar-refractivity contribution >= 4 is 0 Å². The lowest BCUT2D eigenvalue weighted by atomic mass is 9.75. The standard InChI is InChI=1S/C38H28N2O2/c1-21-5-9-27-33(13-21)41-34-14-22(2)6-10-28(34)37(27)31-17-26(20-40)32(18-25(31)19-39)38-29-11-7-23(3)15-35(29)42-36-16-24(4)8-12-30(36)38/h5-18,37-38H,1-4H3. The van der Waals surface area contributed by atoms with Gasteiger partial charge in [0.25, 0.3) is 0 Å². The van der Waals surface area contributed by atoms with Crippen molar-refractivity contribution in [1.82, 2.24) is 0 Å². The van der Waals surface area contributed by atoms with Gasteiger partial charge in [0.1, 0.15) is 23.0 Å². The van der Waals surface area contributed by atoms with Gasteiger partial charge < -0.3 is 9.47 Å². The molecule has 5 aromatic rings. The number of hydrogen-bond donors (Lipinski definition) is 0. The molecule has 2 aliphatic heterocycles. The van der Waals surface area contributed by atoms with Crippen LogP contribution in [0.1, 0.15) is 78.6 Å². The van der Waals surface area contributed by atoms with Gasteiger partial charge in [-0.25, -0.2) is 0 Å². The molecule has 0 saturated heterocycles. The molecule has 0 aliphatic carbocycles. The number of fused-ring (bicyclic) bond motifs is 4. The molecular formula is C38H28N2O2. The molecule has 42 heavy (non-hydrogen) atoms. The van der Waals surface area contributed by atoms with E-state index in [0.29, 0.717) is 11.1 Å². The Bertz CT molecular complexity index is 1780. The third-order valence-electron chi connectivity index (χ3n) is 8.44. The van der Waals surface area contributed by atoms with E-state index in [4.69, 9.17) is 9.47 Å². The number of ether oxygens (including phenoxy) is 2. The van der Waals surface area contributed by atoms with Crippen LogP contribution in [0.15, 0.2) is 84.9 Å². The van der Waals surface area contributed by atoms with Gasteiger partial charge in [0.05, 0.1) is 23.3 Å². The van der Waals surface area contributed by atoms with Crippen LogP contribution in [0.3, 0.4) is 0 Å². The highest BCUT2D eigenvalue weighted by Crippen LogP contribution is 2.52. The molecule has 2 aliphatic rings. The molecule has 7 rings (SSSR count). The average Bonchev–Trinajstić information content (AvgIpc) is 2.97. The predicted molar refractivity (Wildman–Crippen MR) is 163 cm³/mol. The molecule has 0 fully saturated rings. The minimum Gasteiger partial charge on any atom is -0.457 e. The summed E-state index contributed by atoms with van der Waals surface area (Å²) in [6.45, 7) is 8.17. The Kier molecular flexibility index (Phi) is 5.89. The van der Waals surface area contributed by atoms with E-state index in [1.54, 1.807) is 0 Å². The van der Waals surface area contributed by atoms with Gasteiger partial charge in [0.2, 0.25) is 0 Å². The Morgan fingerprint density at radius 2 is 0.714 bits per heavy atom. The van der Waals surface area contributed by atoms with Gasteiger partial charge in [0, 0.05) is 34.1 Å². The first kappa shape index (κ1) is 25.6. The predicted octanol–water partition coefficient (Wildman–Crippen LogP) is 9.24. The highest BCUT2D eigenvalue weighted by molar-refractivity contribution is 5.67. The SMILES string of the molecule is Cc1ccc2c(c1)Oc1cc(C)ccc1C2c1cc(C#N)c(C2c3ccc(C)cc3Oc3cc(C)ccc32)cc1C#N. The summed E-state index contributed by atoms with van der Waals surface area (Å²) < 4.78 is 12.8. The first-order chi connectivity index (χ1) is 20.3. The maximum Gasteiger partial charge on any atom is 0.131 e. The topological polar surface area (TPSA) is 66.0 Å². The largest absolute Gasteiger partial charge is 0.457 e. The quantitative estimate of drug-likeness (QED) is 0.218. The molecule has 0 aromatic heterocycles. The van der Waals surface area contributed by atoms with Crippen LogP contribution in [0.5, 0.6) is 23.0 Å². The van der Waals surface area contributed by atoms with Crippen molar-refractivity contribution in [2.45, 2.75) is 39.5 Å². The van der Waals surface area contributed by atoms with E-state index < -0.39 is 0 Å². The van der Waals surface area contributed by atoms with Crippen LogP contribution >= 0.6 is 0 Å². The summed E-state index contributed by atoms with van der Waals surface area (Å²) in [5, 5.41) is 21.2. The molecule has 4 heteroatoms. The zero-order valence-electron chi connectivity index (χ0n) is 23.9. The van der Waals surface area contributed by atoms with Gasteiger partial charge in [-0.05, 0) is 97.5 Å². The summed E-state index contributed by atoms with van der Waals surface area (Å²) in [6, 6.07) is 33.6. The average molecular weight is 545 g/mol. The van der Waals surface area contributed by atoms with E-state index in [0.717, 1.165) is 78.6 Å². The van der Waals surface area contributed by atoms with Gasteiger partial charge in [-0.15, -0.1) is 0 Å².